The van der Waals surface area contributed by atoms with Crippen molar-refractivity contribution in [2.75, 3.05) is 0 Å². The molecule has 0 amide bonds. The monoisotopic (exact) mass is 369 g/mol. The molecule has 3 aromatic rings. The summed E-state index contributed by atoms with van der Waals surface area (Å²) in [7, 11) is 0. The second-order valence-corrected chi connectivity index (χ2v) is 7.37. The Hall–Kier alpha value is -2.47. The number of nitrogens with zero attached hydrogens (tertiary/aromatic N) is 4. The van der Waals surface area contributed by atoms with E-state index < -0.39 is 0 Å². The number of benzene rings is 1. The van der Waals surface area contributed by atoms with Crippen LogP contribution in [0.1, 0.15) is 61.1 Å². The highest BCUT2D eigenvalue weighted by Gasteiger charge is 2.17. The van der Waals surface area contributed by atoms with E-state index in [2.05, 4.69) is 54.8 Å². The molecule has 6 heteroatoms. The zero-order valence-electron chi connectivity index (χ0n) is 16.9. The molecule has 1 atom stereocenters. The average molecular weight is 369 g/mol. The highest BCUT2D eigenvalue weighted by molar-refractivity contribution is 5.36. The first-order valence-electron chi connectivity index (χ1n) is 9.38. The van der Waals surface area contributed by atoms with Gasteiger partial charge >= 0.3 is 0 Å². The van der Waals surface area contributed by atoms with Crippen molar-refractivity contribution in [3.63, 3.8) is 0 Å². The van der Waals surface area contributed by atoms with Crippen LogP contribution in [0.4, 0.5) is 4.39 Å². The number of aromatic nitrogens is 4. The van der Waals surface area contributed by atoms with Crippen LogP contribution in [0.2, 0.25) is 0 Å². The molecule has 0 fully saturated rings. The minimum atomic E-state index is -0.261. The van der Waals surface area contributed by atoms with Gasteiger partial charge in [-0.2, -0.15) is 10.2 Å². The smallest absolute Gasteiger partial charge is 0.125 e. The molecule has 0 saturated carbocycles. The SMILES string of the molecule is Cc1nn(C(C)C)c(C)c1CN[C@H](C)c1cnn(-c2cccc(F)c2)c1C. The zero-order valence-corrected chi connectivity index (χ0v) is 16.9. The zero-order chi connectivity index (χ0) is 19.7. The summed E-state index contributed by atoms with van der Waals surface area (Å²) in [4.78, 5) is 0. The Labute approximate surface area is 160 Å². The van der Waals surface area contributed by atoms with Crippen LogP contribution in [0, 0.1) is 26.6 Å². The van der Waals surface area contributed by atoms with E-state index in [0.717, 1.165) is 29.2 Å². The molecule has 0 aliphatic carbocycles. The summed E-state index contributed by atoms with van der Waals surface area (Å²) in [5.74, 6) is -0.261. The molecule has 2 heterocycles. The third-order valence-electron chi connectivity index (χ3n) is 5.12. The van der Waals surface area contributed by atoms with Crippen molar-refractivity contribution >= 4 is 0 Å². The van der Waals surface area contributed by atoms with Gasteiger partial charge in [0.15, 0.2) is 0 Å². The van der Waals surface area contributed by atoms with Crippen molar-refractivity contribution in [2.24, 2.45) is 0 Å². The lowest BCUT2D eigenvalue weighted by Gasteiger charge is -2.15. The van der Waals surface area contributed by atoms with Crippen molar-refractivity contribution < 1.29 is 4.39 Å². The minimum Gasteiger partial charge on any atom is -0.306 e. The third kappa shape index (κ3) is 3.81. The van der Waals surface area contributed by atoms with E-state index in [-0.39, 0.29) is 11.9 Å². The van der Waals surface area contributed by atoms with E-state index in [1.54, 1.807) is 10.7 Å². The van der Waals surface area contributed by atoms with E-state index >= 15 is 0 Å². The van der Waals surface area contributed by atoms with E-state index in [9.17, 15) is 4.39 Å². The van der Waals surface area contributed by atoms with Gasteiger partial charge in [-0.3, -0.25) is 4.68 Å². The van der Waals surface area contributed by atoms with Gasteiger partial charge in [-0.1, -0.05) is 6.07 Å². The lowest BCUT2D eigenvalue weighted by atomic mass is 10.1. The van der Waals surface area contributed by atoms with E-state index in [1.807, 2.05) is 19.2 Å². The van der Waals surface area contributed by atoms with Crippen molar-refractivity contribution in [3.8, 4) is 5.69 Å². The molecule has 1 N–H and O–H groups in total. The number of aryl methyl sites for hydroxylation is 1. The van der Waals surface area contributed by atoms with Crippen molar-refractivity contribution in [2.45, 2.75) is 60.2 Å². The maximum atomic E-state index is 13.5. The summed E-state index contributed by atoms with van der Waals surface area (Å²) >= 11 is 0. The Morgan fingerprint density at radius 1 is 1.11 bits per heavy atom. The molecule has 0 saturated heterocycles. The molecule has 2 aromatic heterocycles. The fourth-order valence-electron chi connectivity index (χ4n) is 3.54. The van der Waals surface area contributed by atoms with Crippen LogP contribution in [-0.2, 0) is 6.54 Å². The molecule has 0 aliphatic rings. The van der Waals surface area contributed by atoms with Crippen LogP contribution >= 0.6 is 0 Å². The Morgan fingerprint density at radius 3 is 2.48 bits per heavy atom. The van der Waals surface area contributed by atoms with Gasteiger partial charge in [-0.05, 0) is 59.7 Å². The topological polar surface area (TPSA) is 47.7 Å². The first-order chi connectivity index (χ1) is 12.8. The molecular formula is C21H28FN5. The van der Waals surface area contributed by atoms with Crippen LogP contribution in [0.15, 0.2) is 30.5 Å². The molecule has 0 radical (unpaired) electrons. The predicted molar refractivity (Wildman–Crippen MR) is 106 cm³/mol. The predicted octanol–water partition coefficient (Wildman–Crippen LogP) is 4.56. The van der Waals surface area contributed by atoms with Crippen molar-refractivity contribution in [1.29, 1.82) is 0 Å². The summed E-state index contributed by atoms with van der Waals surface area (Å²) < 4.78 is 17.4. The van der Waals surface area contributed by atoms with Crippen molar-refractivity contribution in [3.05, 3.63) is 64.5 Å². The number of hydrogen-bond acceptors (Lipinski definition) is 3. The Kier molecular flexibility index (Phi) is 5.46. The summed E-state index contributed by atoms with van der Waals surface area (Å²) in [6, 6.07) is 6.96. The van der Waals surface area contributed by atoms with Gasteiger partial charge < -0.3 is 5.32 Å². The average Bonchev–Trinajstić information content (AvgIpc) is 3.13. The second-order valence-electron chi connectivity index (χ2n) is 7.37. The van der Waals surface area contributed by atoms with Crippen LogP contribution in [0.3, 0.4) is 0 Å². The van der Waals surface area contributed by atoms with Crippen LogP contribution < -0.4 is 5.32 Å². The molecular weight excluding hydrogens is 341 g/mol. The molecule has 27 heavy (non-hydrogen) atoms. The largest absolute Gasteiger partial charge is 0.306 e. The summed E-state index contributed by atoms with van der Waals surface area (Å²) in [5, 5.41) is 12.7. The maximum absolute atomic E-state index is 13.5. The molecule has 0 aliphatic heterocycles. The fraction of sp³-hybridized carbons (Fsp3) is 0.429. The van der Waals surface area contributed by atoms with Crippen LogP contribution in [-0.4, -0.2) is 19.6 Å². The minimum absolute atomic E-state index is 0.119. The number of rotatable bonds is 6. The molecule has 144 valence electrons. The van der Waals surface area contributed by atoms with Gasteiger partial charge in [0.1, 0.15) is 5.82 Å². The summed E-state index contributed by atoms with van der Waals surface area (Å²) in [6.45, 7) is 13.3. The van der Waals surface area contributed by atoms with E-state index in [0.29, 0.717) is 6.04 Å². The highest BCUT2D eigenvalue weighted by atomic mass is 19.1. The highest BCUT2D eigenvalue weighted by Crippen LogP contribution is 2.22. The molecule has 0 spiro atoms. The number of halogens is 1. The Morgan fingerprint density at radius 2 is 1.85 bits per heavy atom. The normalized spacial score (nSPS) is 12.7. The first kappa shape index (κ1) is 19.3. The van der Waals surface area contributed by atoms with Gasteiger partial charge in [0.2, 0.25) is 0 Å². The molecule has 1 aromatic carbocycles. The third-order valence-corrected chi connectivity index (χ3v) is 5.12. The van der Waals surface area contributed by atoms with Gasteiger partial charge in [-0.25, -0.2) is 9.07 Å². The lowest BCUT2D eigenvalue weighted by molar-refractivity contribution is 0.514. The van der Waals surface area contributed by atoms with Gasteiger partial charge in [0.25, 0.3) is 0 Å². The standard InChI is InChI=1S/C21H28FN5/c1-13(2)26-16(5)20(15(4)25-26)11-23-14(3)21-12-24-27(17(21)6)19-9-7-8-18(22)10-19/h7-10,12-14,23H,11H2,1-6H3/t14-/m1/s1. The molecule has 5 nitrogen and oxygen atoms in total. The Balaban J connectivity index is 1.77. The van der Waals surface area contributed by atoms with Crippen molar-refractivity contribution in [1.82, 2.24) is 24.9 Å². The van der Waals surface area contributed by atoms with Gasteiger partial charge in [0.05, 0.1) is 17.6 Å². The fourth-order valence-corrected chi connectivity index (χ4v) is 3.54. The van der Waals surface area contributed by atoms with Gasteiger partial charge in [-0.15, -0.1) is 0 Å². The number of nitrogens with one attached hydrogen (secondary N) is 1. The van der Waals surface area contributed by atoms with Crippen LogP contribution in [0.25, 0.3) is 5.69 Å². The maximum Gasteiger partial charge on any atom is 0.125 e. The second kappa shape index (κ2) is 7.64. The molecule has 3 rings (SSSR count). The van der Waals surface area contributed by atoms with E-state index in [1.165, 1.54) is 23.4 Å². The first-order valence-corrected chi connectivity index (χ1v) is 9.38. The summed E-state index contributed by atoms with van der Waals surface area (Å²) in [5.41, 5.74) is 6.35. The molecule has 0 bridgehead atoms. The summed E-state index contributed by atoms with van der Waals surface area (Å²) in [6.07, 6.45) is 1.86. The Bertz CT molecular complexity index is 938. The van der Waals surface area contributed by atoms with Gasteiger partial charge in [0, 0.05) is 41.1 Å². The quantitative estimate of drug-likeness (QED) is 0.693. The molecule has 0 unspecified atom stereocenters. The van der Waals surface area contributed by atoms with E-state index in [4.69, 9.17) is 0 Å². The lowest BCUT2D eigenvalue weighted by Crippen LogP contribution is -2.19. The number of hydrogen-bond donors (Lipinski definition) is 1. The van der Waals surface area contributed by atoms with Crippen LogP contribution in [0.5, 0.6) is 0 Å².